The largest absolute Gasteiger partial charge is 0.369 e. The molecule has 2 aromatic rings. The molecule has 2 amide bonds. The summed E-state index contributed by atoms with van der Waals surface area (Å²) in [6.07, 6.45) is 0. The van der Waals surface area contributed by atoms with E-state index in [1.165, 1.54) is 4.90 Å². The van der Waals surface area contributed by atoms with E-state index in [4.69, 9.17) is 5.73 Å². The number of nitrogens with two attached hydrogens (primary N) is 1. The summed E-state index contributed by atoms with van der Waals surface area (Å²) < 4.78 is 0. The summed E-state index contributed by atoms with van der Waals surface area (Å²) in [6.45, 7) is 0.441. The number of carbonyl (C=O) groups is 2. The lowest BCUT2D eigenvalue weighted by Crippen LogP contribution is -2.38. The van der Waals surface area contributed by atoms with Gasteiger partial charge in [0.1, 0.15) is 5.92 Å². The van der Waals surface area contributed by atoms with Gasteiger partial charge in [-0.05, 0) is 11.1 Å². The molecule has 1 atom stereocenters. The molecule has 0 aliphatic heterocycles. The van der Waals surface area contributed by atoms with Crippen molar-refractivity contribution in [3.63, 3.8) is 0 Å². The molecule has 21 heavy (non-hydrogen) atoms. The molecule has 0 aliphatic carbocycles. The first kappa shape index (κ1) is 14.8. The van der Waals surface area contributed by atoms with E-state index in [9.17, 15) is 9.59 Å². The van der Waals surface area contributed by atoms with Crippen LogP contribution in [0.25, 0.3) is 0 Å². The molecule has 0 aromatic heterocycles. The lowest BCUT2D eigenvalue weighted by Gasteiger charge is -2.22. The summed E-state index contributed by atoms with van der Waals surface area (Å²) in [7, 11) is 1.67. The fourth-order valence-corrected chi connectivity index (χ4v) is 2.23. The van der Waals surface area contributed by atoms with Gasteiger partial charge in [-0.25, -0.2) is 0 Å². The van der Waals surface area contributed by atoms with Crippen molar-refractivity contribution in [3.05, 3.63) is 71.8 Å². The summed E-state index contributed by atoms with van der Waals surface area (Å²) in [4.78, 5) is 25.7. The first-order chi connectivity index (χ1) is 10.1. The van der Waals surface area contributed by atoms with E-state index in [0.29, 0.717) is 12.1 Å². The highest BCUT2D eigenvalue weighted by Crippen LogP contribution is 2.18. The minimum Gasteiger partial charge on any atom is -0.369 e. The van der Waals surface area contributed by atoms with Crippen LogP contribution in [-0.2, 0) is 16.1 Å². The number of benzene rings is 2. The predicted molar refractivity (Wildman–Crippen MR) is 81.3 cm³/mol. The Morgan fingerprint density at radius 2 is 1.52 bits per heavy atom. The second-order valence-corrected chi connectivity index (χ2v) is 4.93. The van der Waals surface area contributed by atoms with Crippen LogP contribution < -0.4 is 5.73 Å². The van der Waals surface area contributed by atoms with Crippen LogP contribution in [0.15, 0.2) is 60.7 Å². The number of amides is 2. The summed E-state index contributed by atoms with van der Waals surface area (Å²) in [5.74, 6) is -1.87. The maximum atomic E-state index is 12.5. The van der Waals surface area contributed by atoms with Crippen LogP contribution in [0.5, 0.6) is 0 Å². The van der Waals surface area contributed by atoms with Crippen molar-refractivity contribution < 1.29 is 9.59 Å². The zero-order valence-corrected chi connectivity index (χ0v) is 11.9. The fourth-order valence-electron chi connectivity index (χ4n) is 2.23. The molecule has 0 radical (unpaired) electrons. The number of hydrogen-bond donors (Lipinski definition) is 1. The van der Waals surface area contributed by atoms with Crippen molar-refractivity contribution in [3.8, 4) is 0 Å². The first-order valence-corrected chi connectivity index (χ1v) is 6.72. The van der Waals surface area contributed by atoms with Crippen LogP contribution in [-0.4, -0.2) is 23.8 Å². The molecule has 0 spiro atoms. The maximum Gasteiger partial charge on any atom is 0.239 e. The third kappa shape index (κ3) is 3.69. The van der Waals surface area contributed by atoms with Gasteiger partial charge < -0.3 is 10.6 Å². The van der Waals surface area contributed by atoms with E-state index in [-0.39, 0.29) is 5.91 Å². The minimum absolute atomic E-state index is 0.294. The van der Waals surface area contributed by atoms with Gasteiger partial charge >= 0.3 is 0 Å². The highest BCUT2D eigenvalue weighted by Gasteiger charge is 2.28. The minimum atomic E-state index is -0.945. The molecule has 0 saturated heterocycles. The van der Waals surface area contributed by atoms with Crippen molar-refractivity contribution in [2.75, 3.05) is 7.05 Å². The maximum absolute atomic E-state index is 12.5. The molecule has 2 N–H and O–H groups in total. The SMILES string of the molecule is CN(Cc1ccccc1)C(=O)C(C(N)=O)c1ccccc1. The van der Waals surface area contributed by atoms with Crippen molar-refractivity contribution >= 4 is 11.8 Å². The topological polar surface area (TPSA) is 63.4 Å². The number of rotatable bonds is 5. The Morgan fingerprint density at radius 1 is 1.00 bits per heavy atom. The summed E-state index contributed by atoms with van der Waals surface area (Å²) >= 11 is 0. The molecule has 0 saturated carbocycles. The molecule has 0 bridgehead atoms. The Kier molecular flexibility index (Phi) is 4.72. The van der Waals surface area contributed by atoms with Crippen LogP contribution in [0.3, 0.4) is 0 Å². The molecule has 2 aromatic carbocycles. The summed E-state index contributed by atoms with van der Waals surface area (Å²) in [6, 6.07) is 18.5. The molecule has 0 heterocycles. The van der Waals surface area contributed by atoms with Crippen molar-refractivity contribution in [1.82, 2.24) is 4.90 Å². The highest BCUT2D eigenvalue weighted by atomic mass is 16.2. The molecular weight excluding hydrogens is 264 g/mol. The Morgan fingerprint density at radius 3 is 2.05 bits per heavy atom. The Bertz CT molecular complexity index is 611. The van der Waals surface area contributed by atoms with Crippen LogP contribution in [0.1, 0.15) is 17.0 Å². The zero-order chi connectivity index (χ0) is 15.2. The van der Waals surface area contributed by atoms with Crippen molar-refractivity contribution in [2.45, 2.75) is 12.5 Å². The number of primary amides is 1. The van der Waals surface area contributed by atoms with Crippen LogP contribution in [0.4, 0.5) is 0 Å². The monoisotopic (exact) mass is 282 g/mol. The molecule has 4 heteroatoms. The zero-order valence-electron chi connectivity index (χ0n) is 11.9. The van der Waals surface area contributed by atoms with Crippen LogP contribution >= 0.6 is 0 Å². The van der Waals surface area contributed by atoms with Gasteiger partial charge in [-0.2, -0.15) is 0 Å². The summed E-state index contributed by atoms with van der Waals surface area (Å²) in [5, 5.41) is 0. The standard InChI is InChI=1S/C17H18N2O2/c1-19(12-13-8-4-2-5-9-13)17(21)15(16(18)20)14-10-6-3-7-11-14/h2-11,15H,12H2,1H3,(H2,18,20). The lowest BCUT2D eigenvalue weighted by atomic mass is 9.97. The molecular formula is C17H18N2O2. The van der Waals surface area contributed by atoms with Gasteiger partial charge in [0.25, 0.3) is 0 Å². The third-order valence-electron chi connectivity index (χ3n) is 3.30. The quantitative estimate of drug-likeness (QED) is 0.851. The average Bonchev–Trinajstić information content (AvgIpc) is 2.49. The van der Waals surface area contributed by atoms with Crippen LogP contribution in [0.2, 0.25) is 0 Å². The Labute approximate surface area is 124 Å². The van der Waals surface area contributed by atoms with E-state index in [0.717, 1.165) is 5.56 Å². The second kappa shape index (κ2) is 6.70. The van der Waals surface area contributed by atoms with Gasteiger partial charge in [-0.15, -0.1) is 0 Å². The number of carbonyl (C=O) groups excluding carboxylic acids is 2. The number of hydrogen-bond acceptors (Lipinski definition) is 2. The lowest BCUT2D eigenvalue weighted by molar-refractivity contribution is -0.136. The molecule has 108 valence electrons. The number of nitrogens with zero attached hydrogens (tertiary/aromatic N) is 1. The first-order valence-electron chi connectivity index (χ1n) is 6.72. The number of likely N-dealkylation sites (N-methyl/N-ethyl adjacent to an activating group) is 1. The van der Waals surface area contributed by atoms with Crippen molar-refractivity contribution in [1.29, 1.82) is 0 Å². The van der Waals surface area contributed by atoms with Crippen LogP contribution in [0, 0.1) is 0 Å². The molecule has 0 fully saturated rings. The van der Waals surface area contributed by atoms with Gasteiger partial charge in [-0.1, -0.05) is 60.7 Å². The van der Waals surface area contributed by atoms with Gasteiger partial charge in [0.15, 0.2) is 0 Å². The predicted octanol–water partition coefficient (Wildman–Crippen LogP) is 1.91. The summed E-state index contributed by atoms with van der Waals surface area (Å²) in [5.41, 5.74) is 7.04. The van der Waals surface area contributed by atoms with E-state index in [1.807, 2.05) is 36.4 Å². The normalized spacial score (nSPS) is 11.7. The van der Waals surface area contributed by atoms with Gasteiger partial charge in [-0.3, -0.25) is 9.59 Å². The highest BCUT2D eigenvalue weighted by molar-refractivity contribution is 6.04. The van der Waals surface area contributed by atoms with E-state index >= 15 is 0 Å². The average molecular weight is 282 g/mol. The Balaban J connectivity index is 2.17. The van der Waals surface area contributed by atoms with E-state index in [1.54, 1.807) is 31.3 Å². The van der Waals surface area contributed by atoms with Gasteiger partial charge in [0, 0.05) is 13.6 Å². The molecule has 4 nitrogen and oxygen atoms in total. The molecule has 1 unspecified atom stereocenters. The van der Waals surface area contributed by atoms with E-state index in [2.05, 4.69) is 0 Å². The van der Waals surface area contributed by atoms with Crippen molar-refractivity contribution in [2.24, 2.45) is 5.73 Å². The third-order valence-corrected chi connectivity index (χ3v) is 3.30. The smallest absolute Gasteiger partial charge is 0.239 e. The molecule has 2 rings (SSSR count). The fraction of sp³-hybridized carbons (Fsp3) is 0.176. The van der Waals surface area contributed by atoms with Gasteiger partial charge in [0.05, 0.1) is 0 Å². The molecule has 0 aliphatic rings. The Hall–Kier alpha value is -2.62. The second-order valence-electron chi connectivity index (χ2n) is 4.93. The van der Waals surface area contributed by atoms with E-state index < -0.39 is 11.8 Å². The van der Waals surface area contributed by atoms with Gasteiger partial charge in [0.2, 0.25) is 11.8 Å².